The van der Waals surface area contributed by atoms with E-state index in [0.29, 0.717) is 21.7 Å². The zero-order valence-corrected chi connectivity index (χ0v) is 19.2. The molecule has 2 aromatic carbocycles. The van der Waals surface area contributed by atoms with Crippen LogP contribution in [0.15, 0.2) is 36.4 Å². The number of amides is 2. The van der Waals surface area contributed by atoms with Gasteiger partial charge in [0.1, 0.15) is 11.4 Å². The third kappa shape index (κ3) is 4.97. The highest BCUT2D eigenvalue weighted by Gasteiger charge is 2.55. The molecule has 1 saturated carbocycles. The van der Waals surface area contributed by atoms with Crippen LogP contribution in [0.25, 0.3) is 22.5 Å². The van der Waals surface area contributed by atoms with Crippen LogP contribution in [0.5, 0.6) is 0 Å². The molecule has 1 aliphatic carbocycles. The minimum Gasteiger partial charge on any atom is -0.347 e. The van der Waals surface area contributed by atoms with E-state index in [1.165, 1.54) is 23.9 Å². The smallest absolute Gasteiger partial charge is 0.347 e. The Hall–Kier alpha value is -3.54. The SMILES string of the molecule is C[C@@H](NC(=O)C1(NC(=O)C(F)(F)F)CC1)c1ccc(-c2cccc(Cl)c2-c2nnn(C)n2)cc1F. The van der Waals surface area contributed by atoms with E-state index in [2.05, 4.69) is 20.7 Å². The molecule has 8 nitrogen and oxygen atoms in total. The highest BCUT2D eigenvalue weighted by Crippen LogP contribution is 2.38. The third-order valence-corrected chi connectivity index (χ3v) is 5.98. The Balaban J connectivity index is 1.55. The first kappa shape index (κ1) is 24.6. The number of halogens is 5. The molecule has 1 heterocycles. The van der Waals surface area contributed by atoms with E-state index in [-0.39, 0.29) is 24.2 Å². The first-order chi connectivity index (χ1) is 16.4. The maximum Gasteiger partial charge on any atom is 0.471 e. The first-order valence-electron chi connectivity index (χ1n) is 10.4. The summed E-state index contributed by atoms with van der Waals surface area (Å²) in [4.78, 5) is 25.1. The summed E-state index contributed by atoms with van der Waals surface area (Å²) >= 11 is 6.36. The number of hydrogen-bond acceptors (Lipinski definition) is 5. The van der Waals surface area contributed by atoms with Gasteiger partial charge in [0.15, 0.2) is 0 Å². The average Bonchev–Trinajstić information content (AvgIpc) is 3.44. The van der Waals surface area contributed by atoms with Crippen LogP contribution in [0.2, 0.25) is 5.02 Å². The number of nitrogens with one attached hydrogen (secondary N) is 2. The summed E-state index contributed by atoms with van der Waals surface area (Å²) in [5.74, 6) is -3.40. The second kappa shape index (κ2) is 8.91. The van der Waals surface area contributed by atoms with Gasteiger partial charge < -0.3 is 10.6 Å². The summed E-state index contributed by atoms with van der Waals surface area (Å²) in [6, 6.07) is 8.50. The highest BCUT2D eigenvalue weighted by atomic mass is 35.5. The van der Waals surface area contributed by atoms with E-state index in [4.69, 9.17) is 11.6 Å². The number of aryl methyl sites for hydroxylation is 1. The fourth-order valence-electron chi connectivity index (χ4n) is 3.66. The van der Waals surface area contributed by atoms with Gasteiger partial charge in [-0.25, -0.2) is 4.39 Å². The van der Waals surface area contributed by atoms with Crippen molar-refractivity contribution < 1.29 is 27.2 Å². The predicted molar refractivity (Wildman–Crippen MR) is 117 cm³/mol. The predicted octanol–water partition coefficient (Wildman–Crippen LogP) is 3.72. The van der Waals surface area contributed by atoms with Gasteiger partial charge in [0.05, 0.1) is 18.1 Å². The van der Waals surface area contributed by atoms with Gasteiger partial charge in [0.25, 0.3) is 0 Å². The molecule has 0 bridgehead atoms. The van der Waals surface area contributed by atoms with Crippen molar-refractivity contribution in [1.29, 1.82) is 0 Å². The van der Waals surface area contributed by atoms with Gasteiger partial charge in [-0.2, -0.15) is 18.0 Å². The summed E-state index contributed by atoms with van der Waals surface area (Å²) in [5, 5.41) is 16.5. The van der Waals surface area contributed by atoms with E-state index in [9.17, 15) is 22.8 Å². The van der Waals surface area contributed by atoms with Crippen LogP contribution in [0.3, 0.4) is 0 Å². The lowest BCUT2D eigenvalue weighted by Crippen LogP contribution is -2.53. The van der Waals surface area contributed by atoms with Crippen LogP contribution in [-0.4, -0.2) is 43.7 Å². The fraction of sp³-hybridized carbons (Fsp3) is 0.318. The Morgan fingerprint density at radius 3 is 2.49 bits per heavy atom. The number of carbonyl (C=O) groups excluding carboxylic acids is 2. The van der Waals surface area contributed by atoms with Crippen molar-refractivity contribution in [3.8, 4) is 22.5 Å². The number of benzene rings is 2. The molecule has 4 rings (SSSR count). The molecule has 1 atom stereocenters. The molecule has 0 unspecified atom stereocenters. The maximum atomic E-state index is 15.1. The van der Waals surface area contributed by atoms with E-state index in [0.717, 1.165) is 0 Å². The molecule has 0 spiro atoms. The number of hydrogen-bond donors (Lipinski definition) is 2. The first-order valence-corrected chi connectivity index (χ1v) is 10.8. The third-order valence-electron chi connectivity index (χ3n) is 5.67. The Labute approximate surface area is 201 Å². The molecule has 0 radical (unpaired) electrons. The van der Waals surface area contributed by atoms with Crippen LogP contribution in [-0.2, 0) is 16.6 Å². The second-order valence-corrected chi connectivity index (χ2v) is 8.64. The van der Waals surface area contributed by atoms with Crippen molar-refractivity contribution in [3.63, 3.8) is 0 Å². The summed E-state index contributed by atoms with van der Waals surface area (Å²) in [6.45, 7) is 1.49. The molecule has 35 heavy (non-hydrogen) atoms. The highest BCUT2D eigenvalue weighted by molar-refractivity contribution is 6.34. The van der Waals surface area contributed by atoms with Crippen LogP contribution in [0, 0.1) is 5.82 Å². The molecule has 184 valence electrons. The molecule has 1 aromatic heterocycles. The minimum absolute atomic E-state index is 0.0583. The number of aromatic nitrogens is 4. The van der Waals surface area contributed by atoms with Gasteiger partial charge >= 0.3 is 12.1 Å². The summed E-state index contributed by atoms with van der Waals surface area (Å²) in [5.41, 5.74) is -0.0465. The molecule has 1 aliphatic rings. The summed E-state index contributed by atoms with van der Waals surface area (Å²) in [7, 11) is 1.59. The molecule has 2 N–H and O–H groups in total. The standard InChI is InChI=1S/C22H19ClF4N6O2/c1-11(28-19(34)21(8-9-21)29-20(35)22(25,26)27)13-7-6-12(10-16(13)24)14-4-3-5-15(23)17(14)18-30-32-33(2)31-18/h3-7,10-11H,8-9H2,1-2H3,(H,28,34)(H,29,35)/t11-/m1/s1. The molecule has 1 fully saturated rings. The molecular weight excluding hydrogens is 492 g/mol. The van der Waals surface area contributed by atoms with Crippen LogP contribution < -0.4 is 10.6 Å². The lowest BCUT2D eigenvalue weighted by atomic mass is 9.96. The maximum absolute atomic E-state index is 15.1. The van der Waals surface area contributed by atoms with E-state index < -0.39 is 35.4 Å². The van der Waals surface area contributed by atoms with Gasteiger partial charge in [0, 0.05) is 11.1 Å². The van der Waals surface area contributed by atoms with E-state index in [1.54, 1.807) is 36.6 Å². The molecular formula is C22H19ClF4N6O2. The molecule has 2 amide bonds. The van der Waals surface area contributed by atoms with Crippen molar-refractivity contribution in [1.82, 2.24) is 30.8 Å². The quantitative estimate of drug-likeness (QED) is 0.492. The van der Waals surface area contributed by atoms with Crippen LogP contribution in [0.4, 0.5) is 17.6 Å². The fourth-order valence-corrected chi connectivity index (χ4v) is 3.92. The molecule has 13 heteroatoms. The van der Waals surface area contributed by atoms with Gasteiger partial charge in [-0.1, -0.05) is 35.9 Å². The van der Waals surface area contributed by atoms with Gasteiger partial charge in [-0.3, -0.25) is 9.59 Å². The molecule has 0 saturated heterocycles. The number of rotatable bonds is 6. The monoisotopic (exact) mass is 510 g/mol. The number of carbonyl (C=O) groups is 2. The van der Waals surface area contributed by atoms with Crippen molar-refractivity contribution in [2.75, 3.05) is 0 Å². The number of nitrogens with zero attached hydrogens (tertiary/aromatic N) is 4. The van der Waals surface area contributed by atoms with E-state index in [1.807, 2.05) is 0 Å². The summed E-state index contributed by atoms with van der Waals surface area (Å²) in [6.07, 6.45) is -4.99. The number of tetrazole rings is 1. The van der Waals surface area contributed by atoms with E-state index >= 15 is 4.39 Å². The minimum atomic E-state index is -5.11. The van der Waals surface area contributed by atoms with Crippen LogP contribution >= 0.6 is 11.6 Å². The lowest BCUT2D eigenvalue weighted by molar-refractivity contribution is -0.175. The van der Waals surface area contributed by atoms with Crippen molar-refractivity contribution >= 4 is 23.4 Å². The number of alkyl halides is 3. The van der Waals surface area contributed by atoms with Gasteiger partial charge in [0.2, 0.25) is 11.7 Å². The normalized spacial score (nSPS) is 15.4. The van der Waals surface area contributed by atoms with Gasteiger partial charge in [-0.05, 0) is 48.2 Å². The summed E-state index contributed by atoms with van der Waals surface area (Å²) < 4.78 is 52.8. The largest absolute Gasteiger partial charge is 0.471 e. The second-order valence-electron chi connectivity index (χ2n) is 8.23. The zero-order valence-electron chi connectivity index (χ0n) is 18.5. The lowest BCUT2D eigenvalue weighted by Gasteiger charge is -2.22. The van der Waals surface area contributed by atoms with Crippen molar-refractivity contribution in [2.45, 2.75) is 37.5 Å². The van der Waals surface area contributed by atoms with Crippen molar-refractivity contribution in [2.24, 2.45) is 7.05 Å². The topological polar surface area (TPSA) is 102 Å². The zero-order chi connectivity index (χ0) is 25.5. The molecule has 3 aromatic rings. The Morgan fingerprint density at radius 1 is 1.20 bits per heavy atom. The van der Waals surface area contributed by atoms with Gasteiger partial charge in [-0.15, -0.1) is 10.2 Å². The van der Waals surface area contributed by atoms with Crippen molar-refractivity contribution in [3.05, 3.63) is 52.8 Å². The average molecular weight is 511 g/mol. The molecule has 0 aliphatic heterocycles. The Bertz CT molecular complexity index is 1310. The Morgan fingerprint density at radius 2 is 1.91 bits per heavy atom. The van der Waals surface area contributed by atoms with Crippen LogP contribution in [0.1, 0.15) is 31.4 Å². The Kier molecular flexibility index (Phi) is 6.26.